The average molecular weight is 185 g/mol. The predicted molar refractivity (Wildman–Crippen MR) is 32.5 cm³/mol. The molecule has 0 fully saturated rings. The number of nitriles is 1. The molecule has 0 aromatic heterocycles. The summed E-state index contributed by atoms with van der Waals surface area (Å²) >= 11 is 0. The fourth-order valence-electron chi connectivity index (χ4n) is 0. The molecule has 0 heterocycles. The molecule has 44 valence electrons. The van der Waals surface area contributed by atoms with Crippen LogP contribution < -0.4 is 0 Å². The van der Waals surface area contributed by atoms with Crippen molar-refractivity contribution in [1.82, 2.24) is 0 Å². The fourth-order valence-corrected chi connectivity index (χ4v) is 0. The van der Waals surface area contributed by atoms with Gasteiger partial charge in [0.15, 0.2) is 0 Å². The van der Waals surface area contributed by atoms with Gasteiger partial charge >= 0.3 is 109 Å². The molecule has 0 aliphatic heterocycles. The molecule has 0 atom stereocenters. The van der Waals surface area contributed by atoms with Crippen molar-refractivity contribution in [3.05, 3.63) is 0 Å². The molecule has 5 nitrogen and oxygen atoms in total. The summed E-state index contributed by atoms with van der Waals surface area (Å²) in [4.78, 5) is 8.56. The van der Waals surface area contributed by atoms with Gasteiger partial charge in [0.2, 0.25) is 0 Å². The number of carboxylic acid groups (broad SMARTS) is 2. The Balaban J connectivity index is -0.0000000233. The minimum absolute atomic E-state index is 0. The standard InChI is InChI=1S/CHNO.CH2O3.2K.2H/c2-1-3;2-1(3)4;;;;/h3H;(H2,2,3,4);;;;. The van der Waals surface area contributed by atoms with Gasteiger partial charge in [-0.15, -0.1) is 0 Å². The van der Waals surface area contributed by atoms with Crippen LogP contribution in [0.25, 0.3) is 0 Å². The van der Waals surface area contributed by atoms with E-state index in [1.165, 1.54) is 0 Å². The van der Waals surface area contributed by atoms with Crippen LogP contribution in [0.2, 0.25) is 0 Å². The summed E-state index contributed by atoms with van der Waals surface area (Å²) in [5, 5.41) is 27.7. The van der Waals surface area contributed by atoms with E-state index in [0.717, 1.165) is 6.26 Å². The van der Waals surface area contributed by atoms with Crippen LogP contribution >= 0.6 is 0 Å². The van der Waals surface area contributed by atoms with Crippen molar-refractivity contribution in [1.29, 1.82) is 5.26 Å². The molecule has 0 unspecified atom stereocenters. The van der Waals surface area contributed by atoms with E-state index < -0.39 is 6.16 Å². The van der Waals surface area contributed by atoms with Crippen molar-refractivity contribution in [2.45, 2.75) is 0 Å². The first kappa shape index (κ1) is 22.4. The van der Waals surface area contributed by atoms with E-state index in [-0.39, 0.29) is 103 Å². The molecule has 0 saturated heterocycles. The molecule has 0 amide bonds. The normalized spacial score (nSPS) is 3.44. The summed E-state index contributed by atoms with van der Waals surface area (Å²) in [5.41, 5.74) is 0. The van der Waals surface area contributed by atoms with Gasteiger partial charge in [-0.25, -0.2) is 4.79 Å². The molecule has 0 rings (SSSR count). The number of aliphatic hydroxyl groups is 1. The Labute approximate surface area is 137 Å². The van der Waals surface area contributed by atoms with Crippen molar-refractivity contribution in [2.75, 3.05) is 0 Å². The fraction of sp³-hybridized carbons (Fsp3) is 0. The number of nitrogens with zero attached hydrogens (tertiary/aromatic N) is 1. The SMILES string of the molecule is N#CO.O=C(O)O.[KH].[KH]. The number of hydrogen-bond donors (Lipinski definition) is 3. The van der Waals surface area contributed by atoms with Crippen molar-refractivity contribution in [2.24, 2.45) is 0 Å². The Morgan fingerprint density at radius 2 is 1.33 bits per heavy atom. The van der Waals surface area contributed by atoms with Crippen LogP contribution in [0.5, 0.6) is 0 Å². The maximum absolute atomic E-state index is 8.56. The molecule has 0 saturated carbocycles. The molecule has 0 aromatic rings. The molecule has 0 radical (unpaired) electrons. The van der Waals surface area contributed by atoms with E-state index in [9.17, 15) is 0 Å². The van der Waals surface area contributed by atoms with Gasteiger partial charge in [-0.2, -0.15) is 5.26 Å². The summed E-state index contributed by atoms with van der Waals surface area (Å²) in [6.07, 6.45) is -1.08. The monoisotopic (exact) mass is 185 g/mol. The van der Waals surface area contributed by atoms with Crippen LogP contribution in [0, 0.1) is 11.5 Å². The zero-order valence-electron chi connectivity index (χ0n) is 3.20. The van der Waals surface area contributed by atoms with E-state index in [2.05, 4.69) is 0 Å². The number of carbonyl (C=O) groups is 1. The van der Waals surface area contributed by atoms with Crippen LogP contribution in [-0.4, -0.2) is 124 Å². The molecule has 0 aliphatic rings. The van der Waals surface area contributed by atoms with Gasteiger partial charge in [0.1, 0.15) is 0 Å². The maximum atomic E-state index is 8.56. The van der Waals surface area contributed by atoms with Crippen LogP contribution in [0.4, 0.5) is 4.79 Å². The molecule has 0 aromatic carbocycles. The van der Waals surface area contributed by atoms with E-state index in [1.54, 1.807) is 0 Å². The Morgan fingerprint density at radius 3 is 1.33 bits per heavy atom. The second-order valence-corrected chi connectivity index (χ2v) is 0.383. The topological polar surface area (TPSA) is 102 Å². The van der Waals surface area contributed by atoms with Gasteiger partial charge in [-0.1, -0.05) is 0 Å². The molecule has 3 N–H and O–H groups in total. The molecule has 0 spiro atoms. The van der Waals surface area contributed by atoms with Crippen molar-refractivity contribution >= 4 is 109 Å². The van der Waals surface area contributed by atoms with E-state index >= 15 is 0 Å². The molecule has 0 aliphatic carbocycles. The second-order valence-electron chi connectivity index (χ2n) is 0.383. The third-order valence-electron chi connectivity index (χ3n) is 0. The first-order valence-corrected chi connectivity index (χ1v) is 1.10. The van der Waals surface area contributed by atoms with Gasteiger partial charge in [0.25, 0.3) is 6.26 Å². The van der Waals surface area contributed by atoms with E-state index in [4.69, 9.17) is 25.4 Å². The first-order valence-electron chi connectivity index (χ1n) is 1.10. The summed E-state index contributed by atoms with van der Waals surface area (Å²) in [6, 6.07) is 0. The van der Waals surface area contributed by atoms with Gasteiger partial charge < -0.3 is 15.3 Å². The average Bonchev–Trinajstić information content (AvgIpc) is 1.33. The number of aliphatic hydroxyl groups excluding tert-OH is 1. The Hall–Kier alpha value is 1.83. The summed E-state index contributed by atoms with van der Waals surface area (Å²) in [7, 11) is 0. The van der Waals surface area contributed by atoms with Crippen molar-refractivity contribution < 1.29 is 20.1 Å². The zero-order valence-corrected chi connectivity index (χ0v) is 3.20. The Morgan fingerprint density at radius 1 is 1.33 bits per heavy atom. The second kappa shape index (κ2) is 22.5. The quantitative estimate of drug-likeness (QED) is 0.324. The third kappa shape index (κ3) is 180. The van der Waals surface area contributed by atoms with Gasteiger partial charge in [-0.3, -0.25) is 0 Å². The minimum atomic E-state index is -1.83. The van der Waals surface area contributed by atoms with E-state index in [0.29, 0.717) is 0 Å². The molecule has 7 heteroatoms. The van der Waals surface area contributed by atoms with Crippen LogP contribution in [-0.2, 0) is 0 Å². The Bertz CT molecular complexity index is 85.1. The molecule has 9 heavy (non-hydrogen) atoms. The number of rotatable bonds is 0. The van der Waals surface area contributed by atoms with Crippen LogP contribution in [0.1, 0.15) is 0 Å². The summed E-state index contributed by atoms with van der Waals surface area (Å²) in [6.45, 7) is 0. The zero-order chi connectivity index (χ0) is 6.28. The van der Waals surface area contributed by atoms with Crippen molar-refractivity contribution in [3.63, 3.8) is 0 Å². The number of hydrogen-bond acceptors (Lipinski definition) is 3. The summed E-state index contributed by atoms with van der Waals surface area (Å²) < 4.78 is 0. The Kier molecular flexibility index (Phi) is 56.2. The molecular weight excluding hydrogens is 180 g/mol. The van der Waals surface area contributed by atoms with Gasteiger partial charge in [0.05, 0.1) is 0 Å². The molecule has 0 bridgehead atoms. The van der Waals surface area contributed by atoms with Gasteiger partial charge in [-0.05, 0) is 0 Å². The van der Waals surface area contributed by atoms with E-state index in [1.807, 2.05) is 0 Å². The van der Waals surface area contributed by atoms with Crippen LogP contribution in [0.15, 0.2) is 0 Å². The predicted octanol–water partition coefficient (Wildman–Crippen LogP) is -1.23. The van der Waals surface area contributed by atoms with Gasteiger partial charge in [0, 0.05) is 0 Å². The van der Waals surface area contributed by atoms with Crippen molar-refractivity contribution in [3.8, 4) is 6.26 Å². The third-order valence-corrected chi connectivity index (χ3v) is 0. The first-order chi connectivity index (χ1) is 3.15. The summed E-state index contributed by atoms with van der Waals surface area (Å²) in [5.74, 6) is 0. The molecular formula is C2H5K2NO4. The van der Waals surface area contributed by atoms with Crippen LogP contribution in [0.3, 0.4) is 0 Å².